The Balaban J connectivity index is 1.95. The molecule has 0 amide bonds. The number of anilines is 1. The summed E-state index contributed by atoms with van der Waals surface area (Å²) in [5.41, 5.74) is 0.278. The quantitative estimate of drug-likeness (QED) is 0.454. The first-order chi connectivity index (χ1) is 12.3. The minimum atomic E-state index is -2.98. The molecule has 0 aliphatic carbocycles. The third-order valence-corrected chi connectivity index (χ3v) is 5.13. The highest BCUT2D eigenvalue weighted by atomic mass is 32.2. The van der Waals surface area contributed by atoms with Crippen molar-refractivity contribution in [1.82, 2.24) is 10.2 Å². The highest BCUT2D eigenvalue weighted by Gasteiger charge is 2.22. The molecular weight excluding hydrogens is 362 g/mol. The van der Waals surface area contributed by atoms with Crippen molar-refractivity contribution < 1.29 is 17.2 Å². The molecule has 0 saturated carbocycles. The summed E-state index contributed by atoms with van der Waals surface area (Å²) in [7, 11) is -2.98. The van der Waals surface area contributed by atoms with E-state index in [1.54, 1.807) is 0 Å². The second-order valence-electron chi connectivity index (χ2n) is 6.29. The van der Waals surface area contributed by atoms with Crippen molar-refractivity contribution in [2.45, 2.75) is 13.3 Å². The average Bonchev–Trinajstić information content (AvgIpc) is 2.59. The van der Waals surface area contributed by atoms with Crippen LogP contribution in [0.2, 0.25) is 0 Å². The first-order valence-electron chi connectivity index (χ1n) is 8.71. The molecule has 0 unspecified atom stereocenters. The molecule has 1 heterocycles. The number of hydrogen-bond donors (Lipinski definition) is 1. The Labute approximate surface area is 153 Å². The van der Waals surface area contributed by atoms with Gasteiger partial charge >= 0.3 is 0 Å². The van der Waals surface area contributed by atoms with Gasteiger partial charge in [0.15, 0.2) is 5.96 Å². The summed E-state index contributed by atoms with van der Waals surface area (Å²) >= 11 is 0. The second kappa shape index (κ2) is 9.16. The molecule has 26 heavy (non-hydrogen) atoms. The molecule has 1 aromatic carbocycles. The van der Waals surface area contributed by atoms with Crippen molar-refractivity contribution in [2.24, 2.45) is 4.99 Å². The molecule has 1 saturated heterocycles. The molecule has 0 spiro atoms. The summed E-state index contributed by atoms with van der Waals surface area (Å²) in [6, 6.07) is 3.47. The van der Waals surface area contributed by atoms with Crippen LogP contribution >= 0.6 is 0 Å². The fourth-order valence-corrected chi connectivity index (χ4v) is 3.48. The monoisotopic (exact) mass is 388 g/mol. The Morgan fingerprint density at radius 1 is 1.23 bits per heavy atom. The molecule has 1 aliphatic rings. The standard InChI is InChI=1S/C17H26F2N4O2S/c1-3-20-17(21-7-4-12-26(2,24)25)23-10-8-22(9-11-23)16-13-14(18)5-6-15(16)19/h5-6,13H,3-4,7-12H2,1-2H3,(H,20,21). The van der Waals surface area contributed by atoms with E-state index in [4.69, 9.17) is 0 Å². The number of sulfone groups is 1. The average molecular weight is 388 g/mol. The summed E-state index contributed by atoms with van der Waals surface area (Å²) < 4.78 is 49.7. The zero-order chi connectivity index (χ0) is 19.2. The molecule has 1 aliphatic heterocycles. The van der Waals surface area contributed by atoms with Crippen LogP contribution in [0.15, 0.2) is 23.2 Å². The van der Waals surface area contributed by atoms with E-state index in [2.05, 4.69) is 15.2 Å². The van der Waals surface area contributed by atoms with E-state index in [0.29, 0.717) is 45.7 Å². The Morgan fingerprint density at radius 2 is 1.92 bits per heavy atom. The fourth-order valence-electron chi connectivity index (χ4n) is 2.82. The van der Waals surface area contributed by atoms with E-state index in [0.717, 1.165) is 18.1 Å². The van der Waals surface area contributed by atoms with Gasteiger partial charge in [0, 0.05) is 51.6 Å². The number of piperazine rings is 1. The Kier molecular flexibility index (Phi) is 7.19. The largest absolute Gasteiger partial charge is 0.366 e. The van der Waals surface area contributed by atoms with Gasteiger partial charge in [-0.1, -0.05) is 0 Å². The van der Waals surface area contributed by atoms with Gasteiger partial charge in [0.2, 0.25) is 0 Å². The zero-order valence-corrected chi connectivity index (χ0v) is 16.0. The van der Waals surface area contributed by atoms with Gasteiger partial charge in [-0.2, -0.15) is 0 Å². The van der Waals surface area contributed by atoms with E-state index < -0.39 is 21.5 Å². The smallest absolute Gasteiger partial charge is 0.194 e. The Morgan fingerprint density at radius 3 is 2.54 bits per heavy atom. The van der Waals surface area contributed by atoms with Crippen molar-refractivity contribution in [2.75, 3.05) is 56.2 Å². The van der Waals surface area contributed by atoms with Crippen LogP contribution < -0.4 is 10.2 Å². The number of nitrogens with zero attached hydrogens (tertiary/aromatic N) is 3. The van der Waals surface area contributed by atoms with Gasteiger partial charge in [0.1, 0.15) is 21.5 Å². The molecule has 1 aromatic rings. The molecule has 2 rings (SSSR count). The summed E-state index contributed by atoms with van der Waals surface area (Å²) in [6.45, 7) is 5.42. The molecule has 0 bridgehead atoms. The lowest BCUT2D eigenvalue weighted by atomic mass is 10.2. The molecular formula is C17H26F2N4O2S. The Hall–Kier alpha value is -1.90. The topological polar surface area (TPSA) is 65.0 Å². The second-order valence-corrected chi connectivity index (χ2v) is 8.55. The molecule has 0 aromatic heterocycles. The van der Waals surface area contributed by atoms with E-state index in [9.17, 15) is 17.2 Å². The molecule has 1 N–H and O–H groups in total. The van der Waals surface area contributed by atoms with Crippen LogP contribution in [0.25, 0.3) is 0 Å². The number of guanidine groups is 1. The first kappa shape index (κ1) is 20.4. The lowest BCUT2D eigenvalue weighted by Crippen LogP contribution is -2.52. The van der Waals surface area contributed by atoms with Crippen LogP contribution in [0.1, 0.15) is 13.3 Å². The van der Waals surface area contributed by atoms with Gasteiger partial charge in [0.05, 0.1) is 11.4 Å². The minimum Gasteiger partial charge on any atom is -0.366 e. The van der Waals surface area contributed by atoms with Crippen molar-refractivity contribution in [3.8, 4) is 0 Å². The number of aliphatic imine (C=N–C) groups is 1. The zero-order valence-electron chi connectivity index (χ0n) is 15.2. The fraction of sp³-hybridized carbons (Fsp3) is 0.588. The van der Waals surface area contributed by atoms with E-state index in [1.165, 1.54) is 12.3 Å². The van der Waals surface area contributed by atoms with E-state index in [1.807, 2.05) is 11.8 Å². The Bertz CT molecular complexity index is 732. The SMILES string of the molecule is CCNC(=NCCCS(C)(=O)=O)N1CCN(c2cc(F)ccc2F)CC1. The summed E-state index contributed by atoms with van der Waals surface area (Å²) in [5.74, 6) is -0.0473. The predicted molar refractivity (Wildman–Crippen MR) is 100 cm³/mol. The van der Waals surface area contributed by atoms with E-state index >= 15 is 0 Å². The lowest BCUT2D eigenvalue weighted by molar-refractivity contribution is 0.370. The summed E-state index contributed by atoms with van der Waals surface area (Å²) in [5, 5.41) is 3.20. The van der Waals surface area contributed by atoms with Crippen LogP contribution in [0.3, 0.4) is 0 Å². The van der Waals surface area contributed by atoms with Crippen molar-refractivity contribution >= 4 is 21.5 Å². The highest BCUT2D eigenvalue weighted by Crippen LogP contribution is 2.21. The molecule has 0 atom stereocenters. The van der Waals surface area contributed by atoms with Gasteiger partial charge < -0.3 is 15.1 Å². The van der Waals surface area contributed by atoms with Crippen LogP contribution in [-0.2, 0) is 9.84 Å². The van der Waals surface area contributed by atoms with Crippen LogP contribution in [-0.4, -0.2) is 70.6 Å². The maximum atomic E-state index is 13.9. The molecule has 1 fully saturated rings. The van der Waals surface area contributed by atoms with Crippen molar-refractivity contribution in [3.63, 3.8) is 0 Å². The molecule has 146 valence electrons. The highest BCUT2D eigenvalue weighted by molar-refractivity contribution is 7.90. The number of rotatable bonds is 6. The van der Waals surface area contributed by atoms with Crippen molar-refractivity contribution in [3.05, 3.63) is 29.8 Å². The predicted octanol–water partition coefficient (Wildman–Crippen LogP) is 1.49. The van der Waals surface area contributed by atoms with Crippen LogP contribution in [0, 0.1) is 11.6 Å². The van der Waals surface area contributed by atoms with Gasteiger partial charge in [0.25, 0.3) is 0 Å². The van der Waals surface area contributed by atoms with Gasteiger partial charge in [-0.3, -0.25) is 4.99 Å². The third-order valence-electron chi connectivity index (χ3n) is 4.10. The normalized spacial score (nSPS) is 16.1. The van der Waals surface area contributed by atoms with Crippen LogP contribution in [0.4, 0.5) is 14.5 Å². The molecule has 0 radical (unpaired) electrons. The number of nitrogens with one attached hydrogen (secondary N) is 1. The van der Waals surface area contributed by atoms with Crippen LogP contribution in [0.5, 0.6) is 0 Å². The number of hydrogen-bond acceptors (Lipinski definition) is 4. The van der Waals surface area contributed by atoms with Crippen molar-refractivity contribution in [1.29, 1.82) is 0 Å². The maximum absolute atomic E-state index is 13.9. The first-order valence-corrected chi connectivity index (χ1v) is 10.8. The van der Waals surface area contributed by atoms with E-state index in [-0.39, 0.29) is 11.4 Å². The third kappa shape index (κ3) is 6.12. The number of benzene rings is 1. The maximum Gasteiger partial charge on any atom is 0.194 e. The summed E-state index contributed by atoms with van der Waals surface area (Å²) in [4.78, 5) is 8.36. The minimum absolute atomic E-state index is 0.114. The van der Waals surface area contributed by atoms with Gasteiger partial charge in [-0.15, -0.1) is 0 Å². The molecule has 6 nitrogen and oxygen atoms in total. The molecule has 9 heteroatoms. The summed E-state index contributed by atoms with van der Waals surface area (Å²) in [6.07, 6.45) is 1.69. The number of halogens is 2. The lowest BCUT2D eigenvalue weighted by Gasteiger charge is -2.37. The van der Waals surface area contributed by atoms with Gasteiger partial charge in [-0.25, -0.2) is 17.2 Å². The van der Waals surface area contributed by atoms with Gasteiger partial charge in [-0.05, 0) is 25.5 Å².